The van der Waals surface area contributed by atoms with Gasteiger partial charge >= 0.3 is 0 Å². The highest BCUT2D eigenvalue weighted by molar-refractivity contribution is 5.83. The van der Waals surface area contributed by atoms with Crippen molar-refractivity contribution in [2.24, 2.45) is 11.7 Å². The third-order valence-electron chi connectivity index (χ3n) is 5.17. The average molecular weight is 330 g/mol. The Bertz CT molecular complexity index is 561. The summed E-state index contributed by atoms with van der Waals surface area (Å²) in [6.07, 6.45) is 5.31. The van der Waals surface area contributed by atoms with Gasteiger partial charge < -0.3 is 15.4 Å². The summed E-state index contributed by atoms with van der Waals surface area (Å²) in [6, 6.07) is 9.72. The van der Waals surface area contributed by atoms with Gasteiger partial charge in [-0.1, -0.05) is 43.2 Å². The van der Waals surface area contributed by atoms with Crippen molar-refractivity contribution in [3.63, 3.8) is 0 Å². The summed E-state index contributed by atoms with van der Waals surface area (Å²) in [6.45, 7) is 1.15. The molecular formula is C19H26N2O3. The van der Waals surface area contributed by atoms with Gasteiger partial charge in [-0.3, -0.25) is 9.59 Å². The highest BCUT2D eigenvalue weighted by Crippen LogP contribution is 2.30. The molecule has 1 aromatic rings. The van der Waals surface area contributed by atoms with Gasteiger partial charge in [0.1, 0.15) is 0 Å². The van der Waals surface area contributed by atoms with Crippen LogP contribution in [0.2, 0.25) is 0 Å². The fourth-order valence-electron chi connectivity index (χ4n) is 3.67. The van der Waals surface area contributed by atoms with E-state index >= 15 is 0 Å². The van der Waals surface area contributed by atoms with E-state index in [0.29, 0.717) is 25.9 Å². The number of nitrogens with zero attached hydrogens (tertiary/aromatic N) is 1. The molecular weight excluding hydrogens is 304 g/mol. The molecule has 24 heavy (non-hydrogen) atoms. The maximum atomic E-state index is 13.0. The molecule has 2 amide bonds. The van der Waals surface area contributed by atoms with Crippen LogP contribution < -0.4 is 5.73 Å². The van der Waals surface area contributed by atoms with Crippen LogP contribution in [0, 0.1) is 5.92 Å². The van der Waals surface area contributed by atoms with E-state index in [1.54, 1.807) is 0 Å². The van der Waals surface area contributed by atoms with Gasteiger partial charge in [0, 0.05) is 19.0 Å². The predicted octanol–water partition coefficient (Wildman–Crippen LogP) is 2.41. The second-order valence-electron chi connectivity index (χ2n) is 6.84. The summed E-state index contributed by atoms with van der Waals surface area (Å²) in [7, 11) is 0. The van der Waals surface area contributed by atoms with Crippen LogP contribution >= 0.6 is 0 Å². The van der Waals surface area contributed by atoms with Gasteiger partial charge in [0.15, 0.2) is 6.10 Å². The summed E-state index contributed by atoms with van der Waals surface area (Å²) in [5.74, 6) is -0.361. The van der Waals surface area contributed by atoms with Gasteiger partial charge in [0.25, 0.3) is 5.91 Å². The van der Waals surface area contributed by atoms with Gasteiger partial charge in [-0.05, 0) is 31.2 Å². The molecule has 2 aliphatic rings. The van der Waals surface area contributed by atoms with Gasteiger partial charge in [-0.2, -0.15) is 0 Å². The van der Waals surface area contributed by atoms with E-state index in [1.165, 1.54) is 12.8 Å². The molecule has 2 N–H and O–H groups in total. The van der Waals surface area contributed by atoms with Crippen LogP contribution in [0.4, 0.5) is 0 Å². The molecule has 1 saturated carbocycles. The molecule has 0 aromatic heterocycles. The Labute approximate surface area is 143 Å². The molecule has 1 saturated heterocycles. The molecule has 0 radical (unpaired) electrons. The number of likely N-dealkylation sites (tertiary alicyclic amines) is 1. The van der Waals surface area contributed by atoms with Crippen LogP contribution in [0.15, 0.2) is 30.3 Å². The lowest BCUT2D eigenvalue weighted by Gasteiger charge is -2.34. The van der Waals surface area contributed by atoms with Crippen molar-refractivity contribution in [1.82, 2.24) is 4.90 Å². The summed E-state index contributed by atoms with van der Waals surface area (Å²) in [4.78, 5) is 26.2. The molecule has 0 bridgehead atoms. The molecule has 1 heterocycles. The highest BCUT2D eigenvalue weighted by Gasteiger charge is 2.33. The van der Waals surface area contributed by atoms with Crippen molar-refractivity contribution in [2.75, 3.05) is 13.1 Å². The number of amides is 2. The number of nitrogens with two attached hydrogens (primary N) is 1. The lowest BCUT2D eigenvalue weighted by Crippen LogP contribution is -2.44. The molecule has 1 aliphatic carbocycles. The maximum absolute atomic E-state index is 13.0. The summed E-state index contributed by atoms with van der Waals surface area (Å²) in [5.41, 5.74) is 6.29. The van der Waals surface area contributed by atoms with Crippen LogP contribution in [0.25, 0.3) is 0 Å². The van der Waals surface area contributed by atoms with Crippen LogP contribution in [0.5, 0.6) is 0 Å². The highest BCUT2D eigenvalue weighted by atomic mass is 16.5. The van der Waals surface area contributed by atoms with Gasteiger partial charge in [0.05, 0.1) is 6.10 Å². The molecule has 0 unspecified atom stereocenters. The first-order valence-corrected chi connectivity index (χ1v) is 8.93. The van der Waals surface area contributed by atoms with Crippen LogP contribution in [-0.2, 0) is 14.3 Å². The minimum absolute atomic E-state index is 0.0102. The zero-order chi connectivity index (χ0) is 16.9. The first kappa shape index (κ1) is 17.0. The van der Waals surface area contributed by atoms with Crippen molar-refractivity contribution < 1.29 is 14.3 Å². The Morgan fingerprint density at radius 3 is 2.25 bits per heavy atom. The standard InChI is InChI=1S/C19H26N2O3/c20-18(22)15-10-12-21(13-11-15)19(23)17(14-6-2-1-3-7-14)24-16-8-4-5-9-16/h1-3,6-7,15-17H,4-5,8-13H2,(H2,20,22)/t17-/m1/s1. The molecule has 2 fully saturated rings. The number of rotatable bonds is 5. The number of hydrogen-bond donors (Lipinski definition) is 1. The van der Waals surface area contributed by atoms with Crippen molar-refractivity contribution in [3.8, 4) is 0 Å². The molecule has 3 rings (SSSR count). The third kappa shape index (κ3) is 3.96. The van der Waals surface area contributed by atoms with Crippen molar-refractivity contribution >= 4 is 11.8 Å². The molecule has 5 nitrogen and oxygen atoms in total. The van der Waals surface area contributed by atoms with E-state index in [1.807, 2.05) is 35.2 Å². The number of hydrogen-bond acceptors (Lipinski definition) is 3. The molecule has 130 valence electrons. The summed E-state index contributed by atoms with van der Waals surface area (Å²) >= 11 is 0. The van der Waals surface area contributed by atoms with E-state index in [4.69, 9.17) is 10.5 Å². The quantitative estimate of drug-likeness (QED) is 0.901. The second-order valence-corrected chi connectivity index (χ2v) is 6.84. The van der Waals surface area contributed by atoms with Crippen LogP contribution in [0.1, 0.15) is 50.2 Å². The van der Waals surface area contributed by atoms with Gasteiger partial charge in [-0.15, -0.1) is 0 Å². The van der Waals surface area contributed by atoms with Crippen molar-refractivity contribution in [3.05, 3.63) is 35.9 Å². The summed E-state index contributed by atoms with van der Waals surface area (Å²) < 4.78 is 6.20. The third-order valence-corrected chi connectivity index (χ3v) is 5.17. The Hall–Kier alpha value is -1.88. The number of carbonyl (C=O) groups excluding carboxylic acids is 2. The van der Waals surface area contributed by atoms with Gasteiger partial charge in [-0.25, -0.2) is 0 Å². The van der Waals surface area contributed by atoms with Crippen molar-refractivity contribution in [1.29, 1.82) is 0 Å². The normalized spacial score (nSPS) is 20.9. The van der Waals surface area contributed by atoms with E-state index < -0.39 is 6.10 Å². The Morgan fingerprint density at radius 1 is 1.04 bits per heavy atom. The van der Waals surface area contributed by atoms with Crippen LogP contribution in [-0.4, -0.2) is 35.9 Å². The predicted molar refractivity (Wildman–Crippen MR) is 91.0 cm³/mol. The SMILES string of the molecule is NC(=O)C1CCN(C(=O)[C@H](OC2CCCC2)c2ccccc2)CC1. The molecule has 5 heteroatoms. The largest absolute Gasteiger partial charge is 0.369 e. The molecule has 0 spiro atoms. The monoisotopic (exact) mass is 330 g/mol. The Kier molecular flexibility index (Phi) is 5.51. The fourth-order valence-corrected chi connectivity index (χ4v) is 3.67. The zero-order valence-electron chi connectivity index (χ0n) is 14.0. The Balaban J connectivity index is 1.70. The number of benzene rings is 1. The second kappa shape index (κ2) is 7.79. The Morgan fingerprint density at radius 2 is 1.67 bits per heavy atom. The fraction of sp³-hybridized carbons (Fsp3) is 0.579. The minimum atomic E-state index is -0.542. The lowest BCUT2D eigenvalue weighted by atomic mass is 9.95. The minimum Gasteiger partial charge on any atom is -0.369 e. The first-order chi connectivity index (χ1) is 11.6. The van der Waals surface area contributed by atoms with E-state index in [-0.39, 0.29) is 23.8 Å². The molecule has 1 aromatic carbocycles. The smallest absolute Gasteiger partial charge is 0.256 e. The lowest BCUT2D eigenvalue weighted by molar-refractivity contribution is -0.150. The summed E-state index contributed by atoms with van der Waals surface area (Å²) in [5, 5.41) is 0. The maximum Gasteiger partial charge on any atom is 0.256 e. The zero-order valence-corrected chi connectivity index (χ0v) is 14.0. The first-order valence-electron chi connectivity index (χ1n) is 8.93. The average Bonchev–Trinajstić information content (AvgIpc) is 3.13. The van der Waals surface area contributed by atoms with Crippen LogP contribution in [0.3, 0.4) is 0 Å². The topological polar surface area (TPSA) is 72.6 Å². The number of ether oxygens (including phenoxy) is 1. The number of piperidine rings is 1. The number of carbonyl (C=O) groups is 2. The molecule has 1 aliphatic heterocycles. The van der Waals surface area contributed by atoms with E-state index in [9.17, 15) is 9.59 Å². The number of primary amides is 1. The van der Waals surface area contributed by atoms with E-state index in [2.05, 4.69) is 0 Å². The van der Waals surface area contributed by atoms with E-state index in [0.717, 1.165) is 18.4 Å². The molecule has 1 atom stereocenters. The van der Waals surface area contributed by atoms with Gasteiger partial charge in [0.2, 0.25) is 5.91 Å². The van der Waals surface area contributed by atoms with Crippen molar-refractivity contribution in [2.45, 2.75) is 50.7 Å².